The summed E-state index contributed by atoms with van der Waals surface area (Å²) in [5.41, 5.74) is 3.78. The molecule has 0 unspecified atom stereocenters. The van der Waals surface area contributed by atoms with Crippen molar-refractivity contribution < 1.29 is 13.6 Å². The maximum absolute atomic E-state index is 11.2. The highest BCUT2D eigenvalue weighted by molar-refractivity contribution is 7.92. The van der Waals surface area contributed by atoms with Crippen LogP contribution in [0.1, 0.15) is 37.5 Å². The van der Waals surface area contributed by atoms with Crippen molar-refractivity contribution in [3.63, 3.8) is 0 Å². The van der Waals surface area contributed by atoms with E-state index in [0.717, 1.165) is 22.4 Å². The van der Waals surface area contributed by atoms with Crippen molar-refractivity contribution in [1.29, 1.82) is 0 Å². The summed E-state index contributed by atoms with van der Waals surface area (Å²) in [6.07, 6.45) is 1.10. The Morgan fingerprint density at radius 3 is 2.07 bits per heavy atom. The third-order valence-corrected chi connectivity index (χ3v) is 4.82. The molecule has 3 N–H and O–H groups in total. The molecule has 0 radical (unpaired) electrons. The van der Waals surface area contributed by atoms with Crippen molar-refractivity contribution in [2.24, 2.45) is 0 Å². The summed E-state index contributed by atoms with van der Waals surface area (Å²) in [5.74, 6) is 0.387. The largest absolute Gasteiger partial charge is 0.366 e. The second-order valence-electron chi connectivity index (χ2n) is 7.88. The summed E-state index contributed by atoms with van der Waals surface area (Å²) < 4.78 is 24.9. The molecule has 2 rings (SSSR count). The Hall–Kier alpha value is -2.51. The van der Waals surface area contributed by atoms with Gasteiger partial charge in [0, 0.05) is 12.2 Å². The summed E-state index contributed by atoms with van der Waals surface area (Å²) in [4.78, 5) is 0. The van der Waals surface area contributed by atoms with E-state index in [1.807, 2.05) is 0 Å². The molecule has 0 aliphatic carbocycles. The van der Waals surface area contributed by atoms with E-state index in [2.05, 4.69) is 61.7 Å². The number of nitrogens with zero attached hydrogens (tertiary/aromatic N) is 1. The molecule has 28 heavy (non-hydrogen) atoms. The summed E-state index contributed by atoms with van der Waals surface area (Å²) in [7, 11) is -3.31. The zero-order valence-electron chi connectivity index (χ0n) is 16.9. The van der Waals surface area contributed by atoms with Gasteiger partial charge in [-0.15, -0.1) is 0 Å². The summed E-state index contributed by atoms with van der Waals surface area (Å²) in [6, 6.07) is 15.1. The average Bonchev–Trinajstić information content (AvgIpc) is 2.59. The molecule has 0 atom stereocenters. The fraction of sp³-hybridized carbons (Fsp3) is 0.333. The third kappa shape index (κ3) is 6.90. The Morgan fingerprint density at radius 1 is 1.04 bits per heavy atom. The molecule has 0 aliphatic rings. The van der Waals surface area contributed by atoms with E-state index in [0.29, 0.717) is 18.1 Å². The van der Waals surface area contributed by atoms with Crippen LogP contribution in [0.15, 0.2) is 60.9 Å². The monoisotopic (exact) mass is 403 g/mol. The van der Waals surface area contributed by atoms with Gasteiger partial charge in [-0.1, -0.05) is 63.7 Å². The molecule has 0 saturated carbocycles. The Morgan fingerprint density at radius 2 is 1.57 bits per heavy atom. The van der Waals surface area contributed by atoms with Crippen LogP contribution in [0.4, 0.5) is 5.69 Å². The zero-order chi connectivity index (χ0) is 20.9. The molecule has 0 heterocycles. The van der Waals surface area contributed by atoms with E-state index in [1.54, 1.807) is 24.3 Å². The predicted octanol–water partition coefficient (Wildman–Crippen LogP) is 3.81. The van der Waals surface area contributed by atoms with Crippen molar-refractivity contribution in [1.82, 2.24) is 10.4 Å². The van der Waals surface area contributed by atoms with Gasteiger partial charge in [0.1, 0.15) is 5.82 Å². The lowest BCUT2D eigenvalue weighted by Crippen LogP contribution is -2.27. The van der Waals surface area contributed by atoms with Gasteiger partial charge in [0.2, 0.25) is 10.0 Å². The van der Waals surface area contributed by atoms with Gasteiger partial charge < -0.3 is 5.32 Å². The highest BCUT2D eigenvalue weighted by Crippen LogP contribution is 2.22. The molecule has 0 bridgehead atoms. The second kappa shape index (κ2) is 8.67. The Labute approximate surface area is 167 Å². The number of hydrogen-bond acceptors (Lipinski definition) is 5. The number of hydrogen-bond donors (Lipinski definition) is 3. The normalized spacial score (nSPS) is 11.8. The molecule has 2 aromatic carbocycles. The van der Waals surface area contributed by atoms with Gasteiger partial charge in [-0.2, -0.15) is 0 Å². The molecule has 7 heteroatoms. The highest BCUT2D eigenvalue weighted by Gasteiger charge is 2.13. The summed E-state index contributed by atoms with van der Waals surface area (Å²) in [6.45, 7) is 11.2. The predicted molar refractivity (Wildman–Crippen MR) is 113 cm³/mol. The fourth-order valence-corrected chi connectivity index (χ4v) is 3.14. The van der Waals surface area contributed by atoms with E-state index in [9.17, 15) is 13.6 Å². The Bertz CT molecular complexity index is 899. The molecule has 0 amide bonds. The second-order valence-corrected chi connectivity index (χ2v) is 9.62. The van der Waals surface area contributed by atoms with E-state index >= 15 is 0 Å². The smallest absolute Gasteiger partial charge is 0.229 e. The van der Waals surface area contributed by atoms with Gasteiger partial charge in [-0.05, 0) is 34.2 Å². The first kappa shape index (κ1) is 21.8. The minimum Gasteiger partial charge on any atom is -0.366 e. The van der Waals surface area contributed by atoms with E-state index in [4.69, 9.17) is 0 Å². The number of benzene rings is 2. The quantitative estimate of drug-likeness (QED) is 0.584. The van der Waals surface area contributed by atoms with Crippen LogP contribution in [0.3, 0.4) is 0 Å². The van der Waals surface area contributed by atoms with Crippen LogP contribution in [0.2, 0.25) is 0 Å². The van der Waals surface area contributed by atoms with Crippen molar-refractivity contribution in [3.05, 3.63) is 77.6 Å². The third-order valence-electron chi connectivity index (χ3n) is 4.22. The highest BCUT2D eigenvalue weighted by atomic mass is 32.2. The van der Waals surface area contributed by atoms with Crippen molar-refractivity contribution in [2.45, 2.75) is 39.3 Å². The number of sulfonamides is 1. The molecule has 152 valence electrons. The topological polar surface area (TPSA) is 81.7 Å². The lowest BCUT2D eigenvalue weighted by atomic mass is 9.87. The van der Waals surface area contributed by atoms with Crippen LogP contribution in [0, 0.1) is 0 Å². The lowest BCUT2D eigenvalue weighted by molar-refractivity contribution is -0.0701. The number of rotatable bonds is 8. The molecular formula is C21H29N3O3S. The fourth-order valence-electron chi connectivity index (χ4n) is 2.58. The van der Waals surface area contributed by atoms with Crippen LogP contribution < -0.4 is 10.0 Å². The summed E-state index contributed by atoms with van der Waals surface area (Å²) >= 11 is 0. The maximum Gasteiger partial charge on any atom is 0.229 e. The van der Waals surface area contributed by atoms with Gasteiger partial charge in [-0.25, -0.2) is 13.5 Å². The minimum absolute atomic E-state index is 0.115. The molecule has 0 saturated heterocycles. The van der Waals surface area contributed by atoms with E-state index in [1.165, 1.54) is 5.56 Å². The van der Waals surface area contributed by atoms with Crippen LogP contribution in [0.5, 0.6) is 0 Å². The first-order chi connectivity index (χ1) is 12.9. The minimum atomic E-state index is -3.31. The number of nitrogens with one attached hydrogen (secondary N) is 2. The van der Waals surface area contributed by atoms with Gasteiger partial charge >= 0.3 is 0 Å². The zero-order valence-corrected chi connectivity index (χ0v) is 17.7. The first-order valence-corrected chi connectivity index (χ1v) is 10.9. The molecule has 0 spiro atoms. The Balaban J connectivity index is 1.87. The van der Waals surface area contributed by atoms with Gasteiger partial charge in [0.05, 0.1) is 12.8 Å². The number of hydroxylamine groups is 2. The summed E-state index contributed by atoms with van der Waals surface area (Å²) in [5, 5.41) is 14.4. The lowest BCUT2D eigenvalue weighted by Gasteiger charge is -2.22. The molecular weight excluding hydrogens is 374 g/mol. The molecule has 6 nitrogen and oxygen atoms in total. The molecule has 0 aliphatic heterocycles. The SMILES string of the molecule is C=C(NCc1ccc(C(C)(C)C)cc1)N(O)Cc1ccc(NS(C)(=O)=O)cc1. The van der Waals surface area contributed by atoms with Crippen LogP contribution in [0.25, 0.3) is 0 Å². The standard InChI is InChI=1S/C21H29N3O3S/c1-16(22-14-17-6-10-19(11-7-17)21(2,3)4)24(25)15-18-8-12-20(13-9-18)23-28(5,26)27/h6-13,22-23,25H,1,14-15H2,2-5H3. The van der Waals surface area contributed by atoms with Gasteiger partial charge in [0.25, 0.3) is 0 Å². The van der Waals surface area contributed by atoms with E-state index in [-0.39, 0.29) is 12.0 Å². The van der Waals surface area contributed by atoms with Crippen molar-refractivity contribution in [2.75, 3.05) is 11.0 Å². The molecule has 0 fully saturated rings. The van der Waals surface area contributed by atoms with Gasteiger partial charge in [-0.3, -0.25) is 9.93 Å². The van der Waals surface area contributed by atoms with Crippen molar-refractivity contribution in [3.8, 4) is 0 Å². The molecule has 0 aromatic heterocycles. The van der Waals surface area contributed by atoms with Crippen LogP contribution >= 0.6 is 0 Å². The molecule has 2 aromatic rings. The Kier molecular flexibility index (Phi) is 6.74. The van der Waals surface area contributed by atoms with Crippen LogP contribution in [-0.4, -0.2) is 24.9 Å². The average molecular weight is 404 g/mol. The number of anilines is 1. The van der Waals surface area contributed by atoms with Crippen LogP contribution in [-0.2, 0) is 28.5 Å². The first-order valence-electron chi connectivity index (χ1n) is 8.99. The van der Waals surface area contributed by atoms with Crippen molar-refractivity contribution >= 4 is 15.7 Å². The van der Waals surface area contributed by atoms with Gasteiger partial charge in [0.15, 0.2) is 0 Å². The van der Waals surface area contributed by atoms with E-state index < -0.39 is 10.0 Å². The maximum atomic E-state index is 11.2.